The minimum atomic E-state index is 0.804. The quantitative estimate of drug-likeness (QED) is 0.746. The van der Waals surface area contributed by atoms with E-state index in [1.54, 1.807) is 6.20 Å². The van der Waals surface area contributed by atoms with Crippen LogP contribution in [0.2, 0.25) is 0 Å². The number of aromatic nitrogens is 2. The van der Waals surface area contributed by atoms with E-state index in [1.165, 1.54) is 0 Å². The predicted molar refractivity (Wildman–Crippen MR) is 87.4 cm³/mol. The Morgan fingerprint density at radius 3 is 2.81 bits per heavy atom. The molecule has 1 aromatic carbocycles. The van der Waals surface area contributed by atoms with Crippen molar-refractivity contribution in [3.05, 3.63) is 60.7 Å². The molecule has 0 atom stereocenters. The summed E-state index contributed by atoms with van der Waals surface area (Å²) in [6, 6.07) is 12.1. The number of nitrogens with two attached hydrogens (primary N) is 1. The molecule has 0 radical (unpaired) electrons. The van der Waals surface area contributed by atoms with Crippen LogP contribution < -0.4 is 10.6 Å². The lowest BCUT2D eigenvalue weighted by molar-refractivity contribution is 0.854. The summed E-state index contributed by atoms with van der Waals surface area (Å²) >= 11 is 0. The smallest absolute Gasteiger partial charge is 0.0632 e. The largest absolute Gasteiger partial charge is 0.397 e. The van der Waals surface area contributed by atoms with Gasteiger partial charge in [0.05, 0.1) is 11.4 Å². The molecule has 0 aliphatic carbocycles. The molecule has 106 valence electrons. The number of hydrogen-bond donors (Lipinski definition) is 1. The van der Waals surface area contributed by atoms with Crippen LogP contribution in [0.25, 0.3) is 10.8 Å². The highest BCUT2D eigenvalue weighted by Gasteiger charge is 2.09. The van der Waals surface area contributed by atoms with E-state index in [1.807, 2.05) is 36.7 Å². The van der Waals surface area contributed by atoms with E-state index in [0.29, 0.717) is 0 Å². The van der Waals surface area contributed by atoms with Crippen molar-refractivity contribution in [1.82, 2.24) is 9.97 Å². The molecule has 0 bridgehead atoms. The van der Waals surface area contributed by atoms with Crippen LogP contribution in [-0.2, 0) is 6.42 Å². The van der Waals surface area contributed by atoms with Gasteiger partial charge in [-0.2, -0.15) is 0 Å². The minimum Gasteiger partial charge on any atom is -0.397 e. The summed E-state index contributed by atoms with van der Waals surface area (Å²) in [7, 11) is 2.06. The van der Waals surface area contributed by atoms with E-state index in [9.17, 15) is 0 Å². The first-order valence-electron chi connectivity index (χ1n) is 6.99. The number of nitrogen functional groups attached to an aromatic ring is 1. The molecule has 21 heavy (non-hydrogen) atoms. The molecule has 0 aliphatic heterocycles. The number of anilines is 2. The first-order valence-corrected chi connectivity index (χ1v) is 6.99. The Bertz CT molecular complexity index is 740. The monoisotopic (exact) mass is 278 g/mol. The van der Waals surface area contributed by atoms with Crippen LogP contribution in [0.5, 0.6) is 0 Å². The summed E-state index contributed by atoms with van der Waals surface area (Å²) in [6.07, 6.45) is 6.33. The zero-order chi connectivity index (χ0) is 14.7. The van der Waals surface area contributed by atoms with Gasteiger partial charge in [-0.1, -0.05) is 12.1 Å². The van der Waals surface area contributed by atoms with Crippen molar-refractivity contribution in [1.29, 1.82) is 0 Å². The van der Waals surface area contributed by atoms with Crippen LogP contribution in [0.15, 0.2) is 55.0 Å². The number of hydrogen-bond acceptors (Lipinski definition) is 4. The van der Waals surface area contributed by atoms with E-state index in [2.05, 4.69) is 34.0 Å². The highest BCUT2D eigenvalue weighted by molar-refractivity contribution is 5.98. The fourth-order valence-corrected chi connectivity index (χ4v) is 2.46. The van der Waals surface area contributed by atoms with E-state index in [4.69, 9.17) is 5.73 Å². The summed E-state index contributed by atoms with van der Waals surface area (Å²) in [6.45, 7) is 0.873. The standard InChI is InChI=1S/C17H18N4/c1-21(11-8-14-4-2-3-9-20-14)16-6-5-13-12-19-10-7-15(13)17(16)18/h2-7,9-10,12H,8,11,18H2,1H3. The molecule has 3 aromatic rings. The molecule has 4 heteroatoms. The van der Waals surface area contributed by atoms with Crippen LogP contribution in [-0.4, -0.2) is 23.6 Å². The van der Waals surface area contributed by atoms with Crippen molar-refractivity contribution < 1.29 is 0 Å². The second-order valence-electron chi connectivity index (χ2n) is 5.09. The third kappa shape index (κ3) is 2.79. The van der Waals surface area contributed by atoms with Gasteiger partial charge in [0.15, 0.2) is 0 Å². The SMILES string of the molecule is CN(CCc1ccccn1)c1ccc2cnccc2c1N. The number of rotatable bonds is 4. The Balaban J connectivity index is 1.81. The molecule has 0 amide bonds. The van der Waals surface area contributed by atoms with Crippen molar-refractivity contribution in [3.63, 3.8) is 0 Å². The van der Waals surface area contributed by atoms with E-state index >= 15 is 0 Å². The zero-order valence-electron chi connectivity index (χ0n) is 12.0. The van der Waals surface area contributed by atoms with Gasteiger partial charge in [-0.05, 0) is 24.3 Å². The van der Waals surface area contributed by atoms with Crippen LogP contribution in [0.4, 0.5) is 11.4 Å². The number of nitrogens with zero attached hydrogens (tertiary/aromatic N) is 3. The molecule has 0 spiro atoms. The normalized spacial score (nSPS) is 10.7. The Morgan fingerprint density at radius 1 is 1.10 bits per heavy atom. The van der Waals surface area contributed by atoms with E-state index in [0.717, 1.165) is 40.8 Å². The summed E-state index contributed by atoms with van der Waals surface area (Å²) in [4.78, 5) is 10.6. The fourth-order valence-electron chi connectivity index (χ4n) is 2.46. The second-order valence-corrected chi connectivity index (χ2v) is 5.09. The van der Waals surface area contributed by atoms with Crippen molar-refractivity contribution in [2.45, 2.75) is 6.42 Å². The molecule has 2 N–H and O–H groups in total. The van der Waals surface area contributed by atoms with Crippen molar-refractivity contribution in [2.24, 2.45) is 0 Å². The number of likely N-dealkylation sites (N-methyl/N-ethyl adjacent to an activating group) is 1. The van der Waals surface area contributed by atoms with Gasteiger partial charge in [0.2, 0.25) is 0 Å². The van der Waals surface area contributed by atoms with E-state index < -0.39 is 0 Å². The Morgan fingerprint density at radius 2 is 2.00 bits per heavy atom. The van der Waals surface area contributed by atoms with Gasteiger partial charge < -0.3 is 10.6 Å². The molecule has 0 fully saturated rings. The van der Waals surface area contributed by atoms with Crippen LogP contribution >= 0.6 is 0 Å². The molecule has 0 saturated carbocycles. The van der Waals surface area contributed by atoms with Gasteiger partial charge in [0, 0.05) is 55.1 Å². The summed E-state index contributed by atoms with van der Waals surface area (Å²) in [5.74, 6) is 0. The molecule has 0 unspecified atom stereocenters. The van der Waals surface area contributed by atoms with Crippen LogP contribution in [0.1, 0.15) is 5.69 Å². The molecule has 3 rings (SSSR count). The van der Waals surface area contributed by atoms with Gasteiger partial charge >= 0.3 is 0 Å². The Kier molecular flexibility index (Phi) is 3.69. The maximum atomic E-state index is 6.30. The number of fused-ring (bicyclic) bond motifs is 1. The first kappa shape index (κ1) is 13.4. The van der Waals surface area contributed by atoms with Crippen molar-refractivity contribution in [3.8, 4) is 0 Å². The van der Waals surface area contributed by atoms with Gasteiger partial charge in [-0.3, -0.25) is 9.97 Å². The first-order chi connectivity index (χ1) is 10.3. The highest BCUT2D eigenvalue weighted by Crippen LogP contribution is 2.30. The molecule has 0 aliphatic rings. The zero-order valence-corrected chi connectivity index (χ0v) is 12.0. The lowest BCUT2D eigenvalue weighted by Crippen LogP contribution is -2.21. The maximum Gasteiger partial charge on any atom is 0.0632 e. The third-order valence-corrected chi connectivity index (χ3v) is 3.68. The lowest BCUT2D eigenvalue weighted by Gasteiger charge is -2.21. The molecule has 2 aromatic heterocycles. The molecule has 0 saturated heterocycles. The maximum absolute atomic E-state index is 6.30. The Hall–Kier alpha value is -2.62. The van der Waals surface area contributed by atoms with E-state index in [-0.39, 0.29) is 0 Å². The highest BCUT2D eigenvalue weighted by atomic mass is 15.1. The van der Waals surface area contributed by atoms with Crippen molar-refractivity contribution >= 4 is 22.1 Å². The minimum absolute atomic E-state index is 0.804. The third-order valence-electron chi connectivity index (χ3n) is 3.68. The van der Waals surface area contributed by atoms with Gasteiger partial charge in [0.25, 0.3) is 0 Å². The fraction of sp³-hybridized carbons (Fsp3) is 0.176. The second kappa shape index (κ2) is 5.79. The Labute approximate surface area is 124 Å². The molecular formula is C17H18N4. The summed E-state index contributed by atoms with van der Waals surface area (Å²) in [5.41, 5.74) is 9.24. The van der Waals surface area contributed by atoms with Gasteiger partial charge in [-0.15, -0.1) is 0 Å². The summed E-state index contributed by atoms with van der Waals surface area (Å²) in [5, 5.41) is 2.11. The predicted octanol–water partition coefficient (Wildman–Crippen LogP) is 2.89. The average Bonchev–Trinajstić information content (AvgIpc) is 2.54. The van der Waals surface area contributed by atoms with Crippen molar-refractivity contribution in [2.75, 3.05) is 24.2 Å². The molecular weight excluding hydrogens is 260 g/mol. The van der Waals surface area contributed by atoms with Gasteiger partial charge in [-0.25, -0.2) is 0 Å². The topological polar surface area (TPSA) is 55.0 Å². The van der Waals surface area contributed by atoms with Gasteiger partial charge in [0.1, 0.15) is 0 Å². The summed E-state index contributed by atoms with van der Waals surface area (Å²) < 4.78 is 0. The molecule has 2 heterocycles. The van der Waals surface area contributed by atoms with Crippen LogP contribution in [0.3, 0.4) is 0 Å². The molecule has 4 nitrogen and oxygen atoms in total. The number of pyridine rings is 2. The lowest BCUT2D eigenvalue weighted by atomic mass is 10.1. The average molecular weight is 278 g/mol. The van der Waals surface area contributed by atoms with Crippen LogP contribution in [0, 0.1) is 0 Å². The number of benzene rings is 1.